The van der Waals surface area contributed by atoms with Gasteiger partial charge in [0, 0.05) is 19.6 Å². The number of aromatic nitrogens is 2. The number of fused-ring (bicyclic) bond motifs is 1. The number of rotatable bonds is 3. The highest BCUT2D eigenvalue weighted by Crippen LogP contribution is 2.25. The molecule has 3 heterocycles. The Balaban J connectivity index is 1.76. The molecule has 24 heavy (non-hydrogen) atoms. The highest BCUT2D eigenvalue weighted by molar-refractivity contribution is 7.88. The number of carbonyl (C=O) groups is 1. The maximum atomic E-state index is 12.6. The van der Waals surface area contributed by atoms with Crippen molar-refractivity contribution in [1.82, 2.24) is 19.2 Å². The Kier molecular flexibility index (Phi) is 4.70. The zero-order chi connectivity index (χ0) is 17.3. The lowest BCUT2D eigenvalue weighted by Gasteiger charge is -2.45. The molecule has 0 aliphatic carbocycles. The standard InChI is InChI=1S/C14H20N4O5S/c1-22-10-7-15-13(16-8-10)14(19)17-4-3-12-11(9-17)18(5-6-23-12)24(2,20)21/h7-8,11-12H,3-6,9H2,1-2H3/t11-,12-/m0/s1. The van der Waals surface area contributed by atoms with Crippen molar-refractivity contribution >= 4 is 15.9 Å². The summed E-state index contributed by atoms with van der Waals surface area (Å²) in [5, 5.41) is 0. The Hall–Kier alpha value is -1.78. The van der Waals surface area contributed by atoms with Crippen LogP contribution in [0.4, 0.5) is 0 Å². The smallest absolute Gasteiger partial charge is 0.291 e. The van der Waals surface area contributed by atoms with Gasteiger partial charge < -0.3 is 14.4 Å². The molecule has 0 spiro atoms. The van der Waals surface area contributed by atoms with Gasteiger partial charge in [-0.3, -0.25) is 4.79 Å². The lowest BCUT2D eigenvalue weighted by atomic mass is 10.0. The Morgan fingerprint density at radius 3 is 2.67 bits per heavy atom. The summed E-state index contributed by atoms with van der Waals surface area (Å²) in [6.45, 7) is 1.43. The minimum absolute atomic E-state index is 0.0666. The quantitative estimate of drug-likeness (QED) is 0.710. The summed E-state index contributed by atoms with van der Waals surface area (Å²) in [7, 11) is -1.86. The maximum Gasteiger partial charge on any atom is 0.291 e. The SMILES string of the molecule is COc1cnc(C(=O)N2CC[C@@H]3OCCN(S(C)(=O)=O)[C@H]3C2)nc1. The zero-order valence-electron chi connectivity index (χ0n) is 13.6. The van der Waals surface area contributed by atoms with Crippen molar-refractivity contribution in [3.63, 3.8) is 0 Å². The lowest BCUT2D eigenvalue weighted by Crippen LogP contribution is -2.61. The first-order chi connectivity index (χ1) is 11.4. The molecule has 1 aromatic rings. The number of hydrogen-bond acceptors (Lipinski definition) is 7. The van der Waals surface area contributed by atoms with E-state index in [4.69, 9.17) is 9.47 Å². The molecule has 2 aliphatic heterocycles. The van der Waals surface area contributed by atoms with Gasteiger partial charge in [0.15, 0.2) is 5.75 Å². The number of methoxy groups -OCH3 is 1. The Bertz CT molecular complexity index is 708. The summed E-state index contributed by atoms with van der Waals surface area (Å²) in [6.07, 6.45) is 4.44. The van der Waals surface area contributed by atoms with Crippen LogP contribution in [0.5, 0.6) is 5.75 Å². The largest absolute Gasteiger partial charge is 0.494 e. The second kappa shape index (κ2) is 6.61. The summed E-state index contributed by atoms with van der Waals surface area (Å²) in [6, 6.07) is -0.371. The minimum atomic E-state index is -3.35. The van der Waals surface area contributed by atoms with E-state index in [-0.39, 0.29) is 30.4 Å². The highest BCUT2D eigenvalue weighted by atomic mass is 32.2. The van der Waals surface area contributed by atoms with Gasteiger partial charge in [0.25, 0.3) is 5.91 Å². The molecule has 2 saturated heterocycles. The first-order valence-corrected chi connectivity index (χ1v) is 9.48. The van der Waals surface area contributed by atoms with E-state index in [0.717, 1.165) is 0 Å². The molecular formula is C14H20N4O5S. The van der Waals surface area contributed by atoms with Crippen LogP contribution in [0, 0.1) is 0 Å². The molecule has 1 aromatic heterocycles. The van der Waals surface area contributed by atoms with E-state index in [1.807, 2.05) is 0 Å². The van der Waals surface area contributed by atoms with Gasteiger partial charge in [-0.25, -0.2) is 18.4 Å². The van der Waals surface area contributed by atoms with E-state index in [0.29, 0.717) is 31.9 Å². The van der Waals surface area contributed by atoms with Crippen LogP contribution in [0.1, 0.15) is 17.0 Å². The van der Waals surface area contributed by atoms with Gasteiger partial charge in [0.05, 0.1) is 44.5 Å². The summed E-state index contributed by atoms with van der Waals surface area (Å²) in [5.41, 5.74) is 0. The fraction of sp³-hybridized carbons (Fsp3) is 0.643. The van der Waals surface area contributed by atoms with Crippen LogP contribution in [-0.4, -0.2) is 85.3 Å². The minimum Gasteiger partial charge on any atom is -0.494 e. The van der Waals surface area contributed by atoms with E-state index in [9.17, 15) is 13.2 Å². The van der Waals surface area contributed by atoms with Crippen LogP contribution < -0.4 is 4.74 Å². The topological polar surface area (TPSA) is 102 Å². The van der Waals surface area contributed by atoms with Crippen LogP contribution in [0.25, 0.3) is 0 Å². The Morgan fingerprint density at radius 1 is 1.33 bits per heavy atom. The number of nitrogens with zero attached hydrogens (tertiary/aromatic N) is 4. The molecular weight excluding hydrogens is 336 g/mol. The van der Waals surface area contributed by atoms with Crippen LogP contribution in [0.2, 0.25) is 0 Å². The van der Waals surface area contributed by atoms with Crippen molar-refractivity contribution in [2.24, 2.45) is 0 Å². The van der Waals surface area contributed by atoms with E-state index in [2.05, 4.69) is 9.97 Å². The predicted octanol–water partition coefficient (Wildman–Crippen LogP) is -0.640. The average Bonchev–Trinajstić information content (AvgIpc) is 2.59. The molecule has 0 unspecified atom stereocenters. The van der Waals surface area contributed by atoms with Crippen molar-refractivity contribution in [2.45, 2.75) is 18.6 Å². The van der Waals surface area contributed by atoms with Crippen molar-refractivity contribution in [3.8, 4) is 5.75 Å². The molecule has 0 bridgehead atoms. The fourth-order valence-corrected chi connectivity index (χ4v) is 4.21. The molecule has 0 N–H and O–H groups in total. The molecule has 3 rings (SSSR count). The second-order valence-electron chi connectivity index (χ2n) is 5.84. The number of hydrogen-bond donors (Lipinski definition) is 0. The van der Waals surface area contributed by atoms with Crippen LogP contribution >= 0.6 is 0 Å². The number of likely N-dealkylation sites (tertiary alicyclic amines) is 1. The second-order valence-corrected chi connectivity index (χ2v) is 7.77. The van der Waals surface area contributed by atoms with Crippen molar-refractivity contribution in [1.29, 1.82) is 0 Å². The average molecular weight is 356 g/mol. The highest BCUT2D eigenvalue weighted by Gasteiger charge is 2.42. The molecule has 2 aliphatic rings. The zero-order valence-corrected chi connectivity index (χ0v) is 14.4. The third-order valence-electron chi connectivity index (χ3n) is 4.30. The predicted molar refractivity (Wildman–Crippen MR) is 84.2 cm³/mol. The first kappa shape index (κ1) is 17.1. The van der Waals surface area contributed by atoms with E-state index in [1.54, 1.807) is 4.90 Å². The van der Waals surface area contributed by atoms with Crippen LogP contribution in [-0.2, 0) is 14.8 Å². The first-order valence-electron chi connectivity index (χ1n) is 7.64. The number of sulfonamides is 1. The van der Waals surface area contributed by atoms with Gasteiger partial charge >= 0.3 is 0 Å². The molecule has 2 atom stereocenters. The van der Waals surface area contributed by atoms with E-state index >= 15 is 0 Å². The van der Waals surface area contributed by atoms with Gasteiger partial charge in [-0.05, 0) is 6.42 Å². The molecule has 2 fully saturated rings. The third kappa shape index (κ3) is 3.35. The van der Waals surface area contributed by atoms with E-state index in [1.165, 1.54) is 30.1 Å². The molecule has 0 aromatic carbocycles. The van der Waals surface area contributed by atoms with Crippen LogP contribution in [0.15, 0.2) is 12.4 Å². The Labute approximate surface area is 140 Å². The summed E-state index contributed by atoms with van der Waals surface area (Å²) in [5.74, 6) is 0.209. The summed E-state index contributed by atoms with van der Waals surface area (Å²) >= 11 is 0. The molecule has 10 heteroatoms. The monoisotopic (exact) mass is 356 g/mol. The third-order valence-corrected chi connectivity index (χ3v) is 5.61. The number of morpholine rings is 1. The molecule has 9 nitrogen and oxygen atoms in total. The number of amides is 1. The van der Waals surface area contributed by atoms with Gasteiger partial charge in [0.2, 0.25) is 15.8 Å². The van der Waals surface area contributed by atoms with Crippen molar-refractivity contribution in [2.75, 3.05) is 39.6 Å². The van der Waals surface area contributed by atoms with Gasteiger partial charge in [-0.15, -0.1) is 0 Å². The Morgan fingerprint density at radius 2 is 2.04 bits per heavy atom. The molecule has 1 amide bonds. The summed E-state index contributed by atoms with van der Waals surface area (Å²) < 4.78 is 36.1. The van der Waals surface area contributed by atoms with E-state index < -0.39 is 10.0 Å². The van der Waals surface area contributed by atoms with Gasteiger partial charge in [-0.2, -0.15) is 4.31 Å². The van der Waals surface area contributed by atoms with Crippen molar-refractivity contribution < 1.29 is 22.7 Å². The lowest BCUT2D eigenvalue weighted by molar-refractivity contribution is -0.0705. The number of carbonyl (C=O) groups excluding carboxylic acids is 1. The molecule has 0 saturated carbocycles. The molecule has 0 radical (unpaired) electrons. The number of ether oxygens (including phenoxy) is 2. The summed E-state index contributed by atoms with van der Waals surface area (Å²) in [4.78, 5) is 22.2. The fourth-order valence-electron chi connectivity index (χ4n) is 3.11. The van der Waals surface area contributed by atoms with Gasteiger partial charge in [-0.1, -0.05) is 0 Å². The maximum absolute atomic E-state index is 12.6. The van der Waals surface area contributed by atoms with Gasteiger partial charge in [0.1, 0.15) is 0 Å². The normalized spacial score (nSPS) is 25.2. The van der Waals surface area contributed by atoms with Crippen molar-refractivity contribution in [3.05, 3.63) is 18.2 Å². The number of piperidine rings is 1. The molecule has 132 valence electrons. The van der Waals surface area contributed by atoms with Crippen LogP contribution in [0.3, 0.4) is 0 Å².